The van der Waals surface area contributed by atoms with Crippen molar-refractivity contribution < 1.29 is 9.47 Å². The van der Waals surface area contributed by atoms with Crippen LogP contribution in [0.2, 0.25) is 0 Å². The number of nitrogens with one attached hydrogen (secondary N) is 1. The van der Waals surface area contributed by atoms with Gasteiger partial charge in [-0.15, -0.1) is 0 Å². The molecule has 0 saturated heterocycles. The van der Waals surface area contributed by atoms with Crippen molar-refractivity contribution in [2.75, 3.05) is 33.0 Å². The van der Waals surface area contributed by atoms with Crippen LogP contribution in [0, 0.1) is 0 Å². The molecule has 0 bridgehead atoms. The average Bonchev–Trinajstić information content (AvgIpc) is 2.92. The van der Waals surface area contributed by atoms with Gasteiger partial charge in [-0.05, 0) is 38.7 Å². The van der Waals surface area contributed by atoms with E-state index in [0.717, 1.165) is 44.2 Å². The highest BCUT2D eigenvalue weighted by atomic mass is 16.7. The predicted octanol–water partition coefficient (Wildman–Crippen LogP) is 2.24. The van der Waals surface area contributed by atoms with Gasteiger partial charge in [-0.1, -0.05) is 26.0 Å². The Bertz CT molecular complexity index is 392. The van der Waals surface area contributed by atoms with Crippen LogP contribution in [0.3, 0.4) is 0 Å². The summed E-state index contributed by atoms with van der Waals surface area (Å²) in [5.74, 6) is 1.76. The normalized spacial score (nSPS) is 13.2. The molecule has 19 heavy (non-hydrogen) atoms. The highest BCUT2D eigenvalue weighted by Gasteiger charge is 2.16. The van der Waals surface area contributed by atoms with Crippen molar-refractivity contribution in [2.45, 2.75) is 26.8 Å². The molecule has 1 N–H and O–H groups in total. The predicted molar refractivity (Wildman–Crippen MR) is 76.7 cm³/mol. The topological polar surface area (TPSA) is 33.7 Å². The molecule has 0 aliphatic carbocycles. The van der Waals surface area contributed by atoms with E-state index in [2.05, 4.69) is 30.1 Å². The molecule has 2 rings (SSSR count). The zero-order valence-electron chi connectivity index (χ0n) is 11.9. The first-order valence-electron chi connectivity index (χ1n) is 7.15. The third-order valence-corrected chi connectivity index (χ3v) is 3.52. The number of para-hydroxylation sites is 1. The fourth-order valence-corrected chi connectivity index (χ4v) is 2.32. The van der Waals surface area contributed by atoms with Crippen LogP contribution < -0.4 is 14.8 Å². The van der Waals surface area contributed by atoms with Crippen molar-refractivity contribution in [2.24, 2.45) is 0 Å². The number of fused-ring (bicyclic) bond motifs is 1. The Hall–Kier alpha value is -1.26. The van der Waals surface area contributed by atoms with Gasteiger partial charge >= 0.3 is 0 Å². The minimum atomic E-state index is 0.342. The summed E-state index contributed by atoms with van der Waals surface area (Å²) < 4.78 is 10.9. The zero-order chi connectivity index (χ0) is 13.5. The Labute approximate surface area is 115 Å². The quantitative estimate of drug-likeness (QED) is 0.730. The van der Waals surface area contributed by atoms with Gasteiger partial charge in [0.2, 0.25) is 6.79 Å². The van der Waals surface area contributed by atoms with E-state index in [1.165, 1.54) is 12.0 Å². The van der Waals surface area contributed by atoms with E-state index < -0.39 is 0 Å². The lowest BCUT2D eigenvalue weighted by atomic mass is 10.2. The smallest absolute Gasteiger partial charge is 0.231 e. The first kappa shape index (κ1) is 14.2. The molecule has 1 aliphatic heterocycles. The molecule has 0 radical (unpaired) electrons. The molecule has 1 aromatic rings. The standard InChI is InChI=1S/C15H24N2O2/c1-3-17(4-2)10-6-9-16-11-13-7-5-8-14-15(13)19-12-18-14/h5,7-8,16H,3-4,6,9-12H2,1-2H3. The van der Waals surface area contributed by atoms with E-state index in [1.807, 2.05) is 12.1 Å². The summed E-state index contributed by atoms with van der Waals surface area (Å²) >= 11 is 0. The molecule has 0 spiro atoms. The molecule has 106 valence electrons. The van der Waals surface area contributed by atoms with Gasteiger partial charge in [-0.25, -0.2) is 0 Å². The molecule has 0 amide bonds. The Balaban J connectivity index is 1.70. The van der Waals surface area contributed by atoms with E-state index >= 15 is 0 Å². The maximum Gasteiger partial charge on any atom is 0.231 e. The second-order valence-corrected chi connectivity index (χ2v) is 4.71. The van der Waals surface area contributed by atoms with Crippen LogP contribution in [-0.4, -0.2) is 37.9 Å². The summed E-state index contributed by atoms with van der Waals surface area (Å²) in [6.45, 7) is 10.1. The number of hydrogen-bond donors (Lipinski definition) is 1. The fourth-order valence-electron chi connectivity index (χ4n) is 2.32. The van der Waals surface area contributed by atoms with Crippen LogP contribution in [0.25, 0.3) is 0 Å². The molecule has 1 aliphatic rings. The van der Waals surface area contributed by atoms with Gasteiger partial charge in [-0.2, -0.15) is 0 Å². The number of benzene rings is 1. The maximum absolute atomic E-state index is 5.49. The molecule has 0 fully saturated rings. The zero-order valence-corrected chi connectivity index (χ0v) is 11.9. The van der Waals surface area contributed by atoms with Crippen LogP contribution in [-0.2, 0) is 6.54 Å². The highest BCUT2D eigenvalue weighted by molar-refractivity contribution is 5.48. The number of nitrogens with zero attached hydrogens (tertiary/aromatic N) is 1. The van der Waals surface area contributed by atoms with Gasteiger partial charge in [-0.3, -0.25) is 0 Å². The van der Waals surface area contributed by atoms with Crippen LogP contribution >= 0.6 is 0 Å². The number of ether oxygens (including phenoxy) is 2. The summed E-state index contributed by atoms with van der Waals surface area (Å²) in [5.41, 5.74) is 1.18. The molecule has 1 aromatic carbocycles. The van der Waals surface area contributed by atoms with Crippen LogP contribution in [0.5, 0.6) is 11.5 Å². The van der Waals surface area contributed by atoms with E-state index in [1.54, 1.807) is 0 Å². The minimum Gasteiger partial charge on any atom is -0.454 e. The SMILES string of the molecule is CCN(CC)CCCNCc1cccc2c1OCO2. The molecular formula is C15H24N2O2. The van der Waals surface area contributed by atoms with E-state index in [0.29, 0.717) is 6.79 Å². The molecule has 0 aromatic heterocycles. The third kappa shape index (κ3) is 3.85. The van der Waals surface area contributed by atoms with E-state index in [9.17, 15) is 0 Å². The summed E-state index contributed by atoms with van der Waals surface area (Å²) in [6.07, 6.45) is 1.17. The third-order valence-electron chi connectivity index (χ3n) is 3.52. The highest BCUT2D eigenvalue weighted by Crippen LogP contribution is 2.35. The molecular weight excluding hydrogens is 240 g/mol. The second kappa shape index (κ2) is 7.36. The van der Waals surface area contributed by atoms with Crippen molar-refractivity contribution in [3.63, 3.8) is 0 Å². The second-order valence-electron chi connectivity index (χ2n) is 4.71. The Kier molecular flexibility index (Phi) is 5.48. The number of rotatable bonds is 8. The molecule has 4 heteroatoms. The van der Waals surface area contributed by atoms with Gasteiger partial charge in [0.25, 0.3) is 0 Å². The van der Waals surface area contributed by atoms with Gasteiger partial charge in [0.15, 0.2) is 11.5 Å². The fraction of sp³-hybridized carbons (Fsp3) is 0.600. The monoisotopic (exact) mass is 264 g/mol. The number of hydrogen-bond acceptors (Lipinski definition) is 4. The van der Waals surface area contributed by atoms with E-state index in [4.69, 9.17) is 9.47 Å². The lowest BCUT2D eigenvalue weighted by molar-refractivity contribution is 0.173. The van der Waals surface area contributed by atoms with Crippen molar-refractivity contribution in [1.29, 1.82) is 0 Å². The molecule has 0 atom stereocenters. The Morgan fingerprint density at radius 1 is 1.21 bits per heavy atom. The van der Waals surface area contributed by atoms with Gasteiger partial charge < -0.3 is 19.7 Å². The van der Waals surface area contributed by atoms with Gasteiger partial charge in [0, 0.05) is 12.1 Å². The van der Waals surface area contributed by atoms with Crippen molar-refractivity contribution in [3.8, 4) is 11.5 Å². The van der Waals surface area contributed by atoms with Crippen LogP contribution in [0.4, 0.5) is 0 Å². The summed E-state index contributed by atoms with van der Waals surface area (Å²) in [6, 6.07) is 6.05. The maximum atomic E-state index is 5.49. The largest absolute Gasteiger partial charge is 0.454 e. The Morgan fingerprint density at radius 3 is 2.84 bits per heavy atom. The minimum absolute atomic E-state index is 0.342. The summed E-state index contributed by atoms with van der Waals surface area (Å²) in [4.78, 5) is 2.44. The molecule has 0 saturated carbocycles. The molecule has 4 nitrogen and oxygen atoms in total. The van der Waals surface area contributed by atoms with E-state index in [-0.39, 0.29) is 0 Å². The average molecular weight is 264 g/mol. The molecule has 1 heterocycles. The lowest BCUT2D eigenvalue weighted by Gasteiger charge is -2.17. The van der Waals surface area contributed by atoms with Crippen molar-refractivity contribution in [1.82, 2.24) is 10.2 Å². The first-order chi connectivity index (χ1) is 9.35. The Morgan fingerprint density at radius 2 is 2.05 bits per heavy atom. The van der Waals surface area contributed by atoms with Gasteiger partial charge in [0.1, 0.15) is 0 Å². The van der Waals surface area contributed by atoms with Crippen LogP contribution in [0.15, 0.2) is 18.2 Å². The van der Waals surface area contributed by atoms with Crippen molar-refractivity contribution in [3.05, 3.63) is 23.8 Å². The molecule has 0 unspecified atom stereocenters. The van der Waals surface area contributed by atoms with Crippen molar-refractivity contribution >= 4 is 0 Å². The van der Waals surface area contributed by atoms with Gasteiger partial charge in [0.05, 0.1) is 0 Å². The first-order valence-corrected chi connectivity index (χ1v) is 7.15. The lowest BCUT2D eigenvalue weighted by Crippen LogP contribution is -2.27. The summed E-state index contributed by atoms with van der Waals surface area (Å²) in [5, 5.41) is 3.47. The summed E-state index contributed by atoms with van der Waals surface area (Å²) in [7, 11) is 0. The van der Waals surface area contributed by atoms with Crippen LogP contribution in [0.1, 0.15) is 25.8 Å².